The van der Waals surface area contributed by atoms with Gasteiger partial charge in [0.25, 0.3) is 11.5 Å². The lowest BCUT2D eigenvalue weighted by Gasteiger charge is -2.33. The number of piperidine rings is 1. The van der Waals surface area contributed by atoms with E-state index in [1.165, 1.54) is 27.8 Å². The number of carboxylic acids is 1. The summed E-state index contributed by atoms with van der Waals surface area (Å²) in [4.78, 5) is 34.0. The number of carbonyl (C=O) groups is 1. The standard InChI is InChI=1S/C21H20ClF2N5O3/c1-12(26-15-4-2-6-25-18(15)20(31)32)14-8-13(22)10-29-17(30)9-16(27-19(14)29)28-7-3-5-21(23,24)11-28/h2,4,6,8-10,12,26H,3,5,7,11H2,1H3,(H,31,32). The fraction of sp³-hybridized carbons (Fsp3) is 0.333. The molecule has 1 atom stereocenters. The Balaban J connectivity index is 1.78. The molecule has 1 aliphatic heterocycles. The molecule has 1 fully saturated rings. The third kappa shape index (κ3) is 4.36. The van der Waals surface area contributed by atoms with Gasteiger partial charge in [0.1, 0.15) is 11.5 Å². The minimum atomic E-state index is -2.85. The predicted octanol–water partition coefficient (Wildman–Crippen LogP) is 3.85. The molecule has 32 heavy (non-hydrogen) atoms. The van der Waals surface area contributed by atoms with Crippen LogP contribution < -0.4 is 15.8 Å². The molecule has 0 aromatic carbocycles. The van der Waals surface area contributed by atoms with Gasteiger partial charge in [-0.05, 0) is 31.5 Å². The maximum atomic E-state index is 13.9. The van der Waals surface area contributed by atoms with Gasteiger partial charge in [-0.25, -0.2) is 23.5 Å². The second-order valence-corrected chi connectivity index (χ2v) is 8.15. The maximum absolute atomic E-state index is 13.9. The van der Waals surface area contributed by atoms with Crippen molar-refractivity contribution in [3.8, 4) is 0 Å². The van der Waals surface area contributed by atoms with Crippen molar-refractivity contribution in [1.82, 2.24) is 14.4 Å². The number of rotatable bonds is 5. The second-order valence-electron chi connectivity index (χ2n) is 7.71. The molecule has 1 saturated heterocycles. The number of aromatic nitrogens is 3. The van der Waals surface area contributed by atoms with E-state index < -0.39 is 30.0 Å². The molecule has 168 valence electrons. The lowest BCUT2D eigenvalue weighted by atomic mass is 10.1. The molecule has 0 aliphatic carbocycles. The zero-order valence-electron chi connectivity index (χ0n) is 17.1. The van der Waals surface area contributed by atoms with Gasteiger partial charge in [-0.1, -0.05) is 11.6 Å². The summed E-state index contributed by atoms with van der Waals surface area (Å²) in [6, 6.07) is 5.45. The van der Waals surface area contributed by atoms with Crippen LogP contribution in [0.5, 0.6) is 0 Å². The molecular weight excluding hydrogens is 444 g/mol. The van der Waals surface area contributed by atoms with E-state index >= 15 is 0 Å². The molecule has 4 heterocycles. The number of anilines is 2. The average molecular weight is 464 g/mol. The van der Waals surface area contributed by atoms with Gasteiger partial charge in [0.05, 0.1) is 23.3 Å². The molecule has 8 nitrogen and oxygen atoms in total. The van der Waals surface area contributed by atoms with Crippen molar-refractivity contribution < 1.29 is 18.7 Å². The number of hydrogen-bond acceptors (Lipinski definition) is 6. The van der Waals surface area contributed by atoms with Gasteiger partial charge in [-0.2, -0.15) is 0 Å². The maximum Gasteiger partial charge on any atom is 0.356 e. The minimum Gasteiger partial charge on any atom is -0.476 e. The number of hydrogen-bond donors (Lipinski definition) is 2. The highest BCUT2D eigenvalue weighted by molar-refractivity contribution is 6.30. The van der Waals surface area contributed by atoms with E-state index in [2.05, 4.69) is 15.3 Å². The molecule has 4 rings (SSSR count). The normalized spacial score (nSPS) is 16.7. The molecular formula is C21H20ClF2N5O3. The smallest absolute Gasteiger partial charge is 0.356 e. The number of alkyl halides is 2. The fourth-order valence-electron chi connectivity index (χ4n) is 3.83. The Morgan fingerprint density at radius 1 is 1.38 bits per heavy atom. The van der Waals surface area contributed by atoms with Crippen molar-refractivity contribution in [2.75, 3.05) is 23.3 Å². The molecule has 0 saturated carbocycles. The third-order valence-electron chi connectivity index (χ3n) is 5.31. The summed E-state index contributed by atoms with van der Waals surface area (Å²) in [5.74, 6) is -3.88. The lowest BCUT2D eigenvalue weighted by molar-refractivity contribution is -0.0118. The largest absolute Gasteiger partial charge is 0.476 e. The third-order valence-corrected chi connectivity index (χ3v) is 5.51. The molecule has 0 bridgehead atoms. The van der Waals surface area contributed by atoms with Crippen molar-refractivity contribution in [2.24, 2.45) is 0 Å². The summed E-state index contributed by atoms with van der Waals surface area (Å²) < 4.78 is 29.1. The SMILES string of the molecule is CC(Nc1cccnc1C(=O)O)c1cc(Cl)cn2c(=O)cc(N3CCCC(F)(F)C3)nc12. The van der Waals surface area contributed by atoms with Crippen LogP contribution in [0.4, 0.5) is 20.3 Å². The molecule has 3 aromatic heterocycles. The van der Waals surface area contributed by atoms with Crippen LogP contribution in [0.3, 0.4) is 0 Å². The summed E-state index contributed by atoms with van der Waals surface area (Å²) in [5, 5.41) is 12.7. The highest BCUT2D eigenvalue weighted by Crippen LogP contribution is 2.30. The Kier molecular flexibility index (Phi) is 5.72. The topological polar surface area (TPSA) is 99.8 Å². The zero-order chi connectivity index (χ0) is 23.0. The van der Waals surface area contributed by atoms with Crippen LogP contribution in [0.2, 0.25) is 5.02 Å². The van der Waals surface area contributed by atoms with Gasteiger partial charge in [0.15, 0.2) is 5.69 Å². The number of aromatic carboxylic acids is 1. The molecule has 11 heteroatoms. The van der Waals surface area contributed by atoms with Gasteiger partial charge >= 0.3 is 5.97 Å². The predicted molar refractivity (Wildman–Crippen MR) is 116 cm³/mol. The Hall–Kier alpha value is -3.27. The molecule has 2 N–H and O–H groups in total. The number of carboxylic acid groups (broad SMARTS) is 1. The quantitative estimate of drug-likeness (QED) is 0.592. The minimum absolute atomic E-state index is 0.160. The highest BCUT2D eigenvalue weighted by Gasteiger charge is 2.36. The average Bonchev–Trinajstić information content (AvgIpc) is 2.73. The summed E-state index contributed by atoms with van der Waals surface area (Å²) >= 11 is 6.22. The van der Waals surface area contributed by atoms with Crippen molar-refractivity contribution in [1.29, 1.82) is 0 Å². The van der Waals surface area contributed by atoms with Gasteiger partial charge < -0.3 is 15.3 Å². The van der Waals surface area contributed by atoms with Crippen molar-refractivity contribution in [2.45, 2.75) is 31.7 Å². The fourth-order valence-corrected chi connectivity index (χ4v) is 4.04. The van der Waals surface area contributed by atoms with Crippen LogP contribution in [0.15, 0.2) is 41.5 Å². The number of nitrogens with zero attached hydrogens (tertiary/aromatic N) is 4. The molecule has 0 radical (unpaired) electrons. The number of fused-ring (bicyclic) bond motifs is 1. The van der Waals surface area contributed by atoms with Crippen LogP contribution in [-0.2, 0) is 0 Å². The Morgan fingerprint density at radius 3 is 2.88 bits per heavy atom. The monoisotopic (exact) mass is 463 g/mol. The molecule has 1 aliphatic rings. The van der Waals surface area contributed by atoms with Gasteiger partial charge in [-0.15, -0.1) is 0 Å². The van der Waals surface area contributed by atoms with E-state index in [0.717, 1.165) is 0 Å². The first-order valence-electron chi connectivity index (χ1n) is 9.95. The van der Waals surface area contributed by atoms with Crippen molar-refractivity contribution in [3.63, 3.8) is 0 Å². The summed E-state index contributed by atoms with van der Waals surface area (Å²) in [7, 11) is 0. The van der Waals surface area contributed by atoms with E-state index in [9.17, 15) is 23.5 Å². The van der Waals surface area contributed by atoms with Crippen LogP contribution in [-0.4, -0.2) is 44.5 Å². The van der Waals surface area contributed by atoms with E-state index in [1.54, 1.807) is 25.1 Å². The van der Waals surface area contributed by atoms with Crippen LogP contribution in [0.25, 0.3) is 5.65 Å². The van der Waals surface area contributed by atoms with Gasteiger partial charge in [0, 0.05) is 37.0 Å². The number of pyridine rings is 2. The van der Waals surface area contributed by atoms with Crippen molar-refractivity contribution >= 4 is 34.7 Å². The molecule has 0 spiro atoms. The Bertz CT molecular complexity index is 1250. The first-order valence-corrected chi connectivity index (χ1v) is 10.3. The molecule has 1 unspecified atom stereocenters. The van der Waals surface area contributed by atoms with Crippen LogP contribution in [0.1, 0.15) is 41.9 Å². The molecule has 3 aromatic rings. The van der Waals surface area contributed by atoms with E-state index in [4.69, 9.17) is 11.6 Å². The van der Waals surface area contributed by atoms with Crippen molar-refractivity contribution in [3.05, 3.63) is 63.3 Å². The first kappa shape index (κ1) is 21.9. The molecule has 0 amide bonds. The summed E-state index contributed by atoms with van der Waals surface area (Å²) in [6.45, 7) is 1.61. The number of halogens is 3. The van der Waals surface area contributed by atoms with Gasteiger partial charge in [0.2, 0.25) is 0 Å². The van der Waals surface area contributed by atoms with E-state index in [0.29, 0.717) is 18.5 Å². The van der Waals surface area contributed by atoms with Gasteiger partial charge in [-0.3, -0.25) is 9.20 Å². The Labute approximate surface area is 186 Å². The van der Waals surface area contributed by atoms with Crippen LogP contribution >= 0.6 is 11.6 Å². The zero-order valence-corrected chi connectivity index (χ0v) is 17.8. The summed E-state index contributed by atoms with van der Waals surface area (Å²) in [5.41, 5.74) is 0.404. The lowest BCUT2D eigenvalue weighted by Crippen LogP contribution is -2.43. The highest BCUT2D eigenvalue weighted by atomic mass is 35.5. The number of nitrogens with one attached hydrogen (secondary N) is 1. The second kappa shape index (κ2) is 8.34. The van der Waals surface area contributed by atoms with E-state index in [-0.39, 0.29) is 34.3 Å². The van der Waals surface area contributed by atoms with Crippen LogP contribution in [0, 0.1) is 0 Å². The first-order chi connectivity index (χ1) is 15.1. The Morgan fingerprint density at radius 2 is 2.16 bits per heavy atom. The van der Waals surface area contributed by atoms with E-state index in [1.807, 2.05) is 0 Å². The summed E-state index contributed by atoms with van der Waals surface area (Å²) in [6.07, 6.45) is 2.87.